The third-order valence-corrected chi connectivity index (χ3v) is 2.77. The van der Waals surface area contributed by atoms with Crippen molar-refractivity contribution in [2.75, 3.05) is 7.05 Å². The van der Waals surface area contributed by atoms with E-state index in [1.807, 2.05) is 32.3 Å². The first-order valence-corrected chi connectivity index (χ1v) is 5.59. The van der Waals surface area contributed by atoms with Gasteiger partial charge in [0.15, 0.2) is 0 Å². The van der Waals surface area contributed by atoms with E-state index >= 15 is 0 Å². The van der Waals surface area contributed by atoms with Crippen molar-refractivity contribution in [3.63, 3.8) is 0 Å². The Balaban J connectivity index is 2.44. The number of rotatable bonds is 3. The fourth-order valence-electron chi connectivity index (χ4n) is 1.88. The molecule has 1 N–H and O–H groups in total. The van der Waals surface area contributed by atoms with E-state index in [1.54, 1.807) is 12.4 Å². The summed E-state index contributed by atoms with van der Waals surface area (Å²) in [5.41, 5.74) is 3.32. The lowest BCUT2D eigenvalue weighted by atomic mass is 10.0. The van der Waals surface area contributed by atoms with Crippen LogP contribution in [0.4, 0.5) is 0 Å². The lowest BCUT2D eigenvalue weighted by molar-refractivity contribution is 0.658. The summed E-state index contributed by atoms with van der Waals surface area (Å²) in [5.74, 6) is 0.782. The third-order valence-electron chi connectivity index (χ3n) is 2.77. The van der Waals surface area contributed by atoms with Crippen LogP contribution in [0, 0.1) is 13.8 Å². The van der Waals surface area contributed by atoms with E-state index in [0.717, 1.165) is 17.1 Å². The molecule has 0 aliphatic heterocycles. The number of hydrogen-bond acceptors (Lipinski definition) is 4. The molecule has 2 aromatic rings. The number of nitrogens with one attached hydrogen (secondary N) is 1. The summed E-state index contributed by atoms with van der Waals surface area (Å²) in [6.45, 7) is 3.97. The van der Waals surface area contributed by atoms with Gasteiger partial charge in [0.2, 0.25) is 0 Å². The molecule has 88 valence electrons. The molecule has 0 bridgehead atoms. The quantitative estimate of drug-likeness (QED) is 0.870. The van der Waals surface area contributed by atoms with Gasteiger partial charge in [-0.2, -0.15) is 0 Å². The second-order valence-corrected chi connectivity index (χ2v) is 3.98. The van der Waals surface area contributed by atoms with Gasteiger partial charge < -0.3 is 5.32 Å². The van der Waals surface area contributed by atoms with Crippen molar-refractivity contribution < 1.29 is 0 Å². The minimum absolute atomic E-state index is 0.0606. The fourth-order valence-corrected chi connectivity index (χ4v) is 1.88. The van der Waals surface area contributed by atoms with E-state index in [4.69, 9.17) is 0 Å². The van der Waals surface area contributed by atoms with Crippen LogP contribution in [0.3, 0.4) is 0 Å². The lowest BCUT2D eigenvalue weighted by Crippen LogP contribution is -2.20. The van der Waals surface area contributed by atoms with Crippen LogP contribution in [0.25, 0.3) is 0 Å². The average Bonchev–Trinajstić information content (AvgIpc) is 2.33. The van der Waals surface area contributed by atoms with E-state index in [-0.39, 0.29) is 6.04 Å². The van der Waals surface area contributed by atoms with Gasteiger partial charge in [0, 0.05) is 18.6 Å². The Morgan fingerprint density at radius 3 is 2.65 bits per heavy atom. The van der Waals surface area contributed by atoms with Gasteiger partial charge in [-0.15, -0.1) is 0 Å². The lowest BCUT2D eigenvalue weighted by Gasteiger charge is -2.17. The molecule has 2 rings (SSSR count). The van der Waals surface area contributed by atoms with Crippen LogP contribution in [0.2, 0.25) is 0 Å². The zero-order valence-corrected chi connectivity index (χ0v) is 10.3. The highest BCUT2D eigenvalue weighted by Gasteiger charge is 2.15. The Bertz CT molecular complexity index is 510. The second kappa shape index (κ2) is 5.01. The molecular formula is C13H16N4. The van der Waals surface area contributed by atoms with Gasteiger partial charge in [-0.1, -0.05) is 0 Å². The van der Waals surface area contributed by atoms with E-state index in [9.17, 15) is 0 Å². The van der Waals surface area contributed by atoms with E-state index in [2.05, 4.69) is 27.2 Å². The molecular weight excluding hydrogens is 212 g/mol. The van der Waals surface area contributed by atoms with Gasteiger partial charge in [-0.3, -0.25) is 4.98 Å². The van der Waals surface area contributed by atoms with Crippen molar-refractivity contribution in [1.29, 1.82) is 0 Å². The summed E-state index contributed by atoms with van der Waals surface area (Å²) in [7, 11) is 1.93. The molecule has 2 aromatic heterocycles. The van der Waals surface area contributed by atoms with Crippen molar-refractivity contribution in [1.82, 2.24) is 20.3 Å². The molecule has 0 aromatic carbocycles. The molecule has 0 saturated heterocycles. The van der Waals surface area contributed by atoms with Gasteiger partial charge >= 0.3 is 0 Å². The molecule has 2 heterocycles. The highest BCUT2D eigenvalue weighted by atomic mass is 14.9. The van der Waals surface area contributed by atoms with Crippen molar-refractivity contribution in [3.05, 3.63) is 53.4 Å². The molecule has 4 nitrogen and oxygen atoms in total. The molecule has 0 radical (unpaired) electrons. The van der Waals surface area contributed by atoms with Gasteiger partial charge in [-0.25, -0.2) is 9.97 Å². The zero-order valence-electron chi connectivity index (χ0n) is 10.3. The Morgan fingerprint density at radius 2 is 2.00 bits per heavy atom. The number of hydrogen-bond donors (Lipinski definition) is 1. The van der Waals surface area contributed by atoms with Gasteiger partial charge in [0.1, 0.15) is 5.82 Å². The summed E-state index contributed by atoms with van der Waals surface area (Å²) in [6, 6.07) is 4.00. The summed E-state index contributed by atoms with van der Waals surface area (Å²) >= 11 is 0. The predicted molar refractivity (Wildman–Crippen MR) is 66.6 cm³/mol. The normalized spacial score (nSPS) is 12.4. The topological polar surface area (TPSA) is 50.7 Å². The van der Waals surface area contributed by atoms with Crippen molar-refractivity contribution in [2.24, 2.45) is 0 Å². The van der Waals surface area contributed by atoms with E-state index in [1.165, 1.54) is 5.56 Å². The minimum atomic E-state index is 0.0606. The van der Waals surface area contributed by atoms with Crippen LogP contribution in [0.5, 0.6) is 0 Å². The molecule has 17 heavy (non-hydrogen) atoms. The average molecular weight is 228 g/mol. The number of pyridine rings is 1. The first-order valence-electron chi connectivity index (χ1n) is 5.59. The van der Waals surface area contributed by atoms with Crippen molar-refractivity contribution >= 4 is 0 Å². The van der Waals surface area contributed by atoms with Crippen LogP contribution >= 0.6 is 0 Å². The highest BCUT2D eigenvalue weighted by molar-refractivity contribution is 5.31. The largest absolute Gasteiger partial charge is 0.308 e. The monoisotopic (exact) mass is 228 g/mol. The van der Waals surface area contributed by atoms with Gasteiger partial charge in [-0.05, 0) is 44.2 Å². The summed E-state index contributed by atoms with van der Waals surface area (Å²) < 4.78 is 0. The minimum Gasteiger partial charge on any atom is -0.308 e. The first-order chi connectivity index (χ1) is 8.22. The van der Waals surface area contributed by atoms with Crippen molar-refractivity contribution in [2.45, 2.75) is 19.9 Å². The molecule has 0 spiro atoms. The SMILES string of the molecule is CNC(c1ccnc(C)n1)c1cnccc1C. The Morgan fingerprint density at radius 1 is 1.18 bits per heavy atom. The number of aromatic nitrogens is 3. The van der Waals surface area contributed by atoms with Crippen LogP contribution in [-0.4, -0.2) is 22.0 Å². The Hall–Kier alpha value is -1.81. The maximum absolute atomic E-state index is 4.46. The first kappa shape index (κ1) is 11.7. The summed E-state index contributed by atoms with van der Waals surface area (Å²) in [4.78, 5) is 12.8. The molecule has 0 amide bonds. The van der Waals surface area contributed by atoms with Crippen LogP contribution in [0.15, 0.2) is 30.7 Å². The van der Waals surface area contributed by atoms with Crippen LogP contribution < -0.4 is 5.32 Å². The molecule has 4 heteroatoms. The maximum Gasteiger partial charge on any atom is 0.125 e. The number of aryl methyl sites for hydroxylation is 2. The highest BCUT2D eigenvalue weighted by Crippen LogP contribution is 2.21. The summed E-state index contributed by atoms with van der Waals surface area (Å²) in [5, 5.41) is 3.27. The standard InChI is InChI=1S/C13H16N4/c1-9-4-6-15-8-11(9)13(14-3)12-5-7-16-10(2)17-12/h4-8,13-14H,1-3H3. The molecule has 1 unspecified atom stereocenters. The molecule has 1 atom stereocenters. The van der Waals surface area contributed by atoms with Crippen LogP contribution in [-0.2, 0) is 0 Å². The van der Waals surface area contributed by atoms with Gasteiger partial charge in [0.05, 0.1) is 11.7 Å². The number of nitrogens with zero attached hydrogens (tertiary/aromatic N) is 3. The van der Waals surface area contributed by atoms with E-state index < -0.39 is 0 Å². The predicted octanol–water partition coefficient (Wildman–Crippen LogP) is 1.80. The van der Waals surface area contributed by atoms with Crippen molar-refractivity contribution in [3.8, 4) is 0 Å². The molecule has 0 aliphatic carbocycles. The second-order valence-electron chi connectivity index (χ2n) is 3.98. The Labute approximate surface area is 101 Å². The Kier molecular flexibility index (Phi) is 3.44. The fraction of sp³-hybridized carbons (Fsp3) is 0.308. The third kappa shape index (κ3) is 2.47. The maximum atomic E-state index is 4.46. The summed E-state index contributed by atoms with van der Waals surface area (Å²) in [6.07, 6.45) is 5.47. The van der Waals surface area contributed by atoms with Crippen LogP contribution in [0.1, 0.15) is 28.7 Å². The molecule has 0 fully saturated rings. The van der Waals surface area contributed by atoms with E-state index in [0.29, 0.717) is 0 Å². The van der Waals surface area contributed by atoms with Gasteiger partial charge in [0.25, 0.3) is 0 Å². The molecule has 0 aliphatic rings. The smallest absolute Gasteiger partial charge is 0.125 e. The molecule has 0 saturated carbocycles. The zero-order chi connectivity index (χ0) is 12.3.